The number of aliphatic carboxylic acids is 1. The van der Waals surface area contributed by atoms with E-state index in [0.717, 1.165) is 59.5 Å². The summed E-state index contributed by atoms with van der Waals surface area (Å²) in [6, 6.07) is 8.84. The van der Waals surface area contributed by atoms with Crippen LogP contribution in [-0.2, 0) is 31.4 Å². The Morgan fingerprint density at radius 3 is 2.71 bits per heavy atom. The van der Waals surface area contributed by atoms with Gasteiger partial charge in [-0.25, -0.2) is 9.97 Å². The molecule has 1 aromatic carbocycles. The fourth-order valence-corrected chi connectivity index (χ4v) is 7.18. The second kappa shape index (κ2) is 13.0. The first-order valence-electron chi connectivity index (χ1n) is 15.1. The third-order valence-corrected chi connectivity index (χ3v) is 9.74. The van der Waals surface area contributed by atoms with Crippen LogP contribution in [0.5, 0.6) is 5.88 Å². The topological polar surface area (TPSA) is 113 Å². The molecule has 10 nitrogen and oxygen atoms in total. The molecule has 45 heavy (non-hydrogen) atoms. The number of likely N-dealkylation sites (N-methyl/N-ethyl adjacent to an activating group) is 1. The van der Waals surface area contributed by atoms with Crippen LogP contribution in [0.3, 0.4) is 0 Å². The molecule has 6 rings (SSSR count). The van der Waals surface area contributed by atoms with Gasteiger partial charge in [-0.2, -0.15) is 0 Å². The number of hydrogen-bond donors (Lipinski definition) is 2. The predicted molar refractivity (Wildman–Crippen MR) is 174 cm³/mol. The van der Waals surface area contributed by atoms with Crippen LogP contribution in [-0.4, -0.2) is 74.6 Å². The number of benzene rings is 1. The average Bonchev–Trinajstić information content (AvgIpc) is 3.62. The van der Waals surface area contributed by atoms with E-state index in [1.807, 2.05) is 53.9 Å². The summed E-state index contributed by atoms with van der Waals surface area (Å²) in [6.07, 6.45) is 5.76. The summed E-state index contributed by atoms with van der Waals surface area (Å²) in [6.45, 7) is 2.79. The Hall–Kier alpha value is -3.70. The predicted octanol–water partition coefficient (Wildman–Crippen LogP) is 5.59. The van der Waals surface area contributed by atoms with E-state index in [1.54, 1.807) is 13.2 Å². The van der Waals surface area contributed by atoms with E-state index in [2.05, 4.69) is 15.2 Å². The number of nitrogens with one attached hydrogen (secondary N) is 1. The lowest BCUT2D eigenvalue weighted by atomic mass is 9.91. The molecule has 1 amide bonds. The third-order valence-electron chi connectivity index (χ3n) is 8.90. The first-order valence-corrected chi connectivity index (χ1v) is 15.9. The van der Waals surface area contributed by atoms with Crippen molar-refractivity contribution in [2.24, 2.45) is 7.05 Å². The molecule has 3 aromatic rings. The number of likely N-dealkylation sites (tertiary alicyclic amines) is 1. The number of amides is 1. The molecule has 1 aliphatic carbocycles. The van der Waals surface area contributed by atoms with E-state index < -0.39 is 12.0 Å². The number of carbonyl (C=O) groups excluding carboxylic acids is 1. The molecule has 0 radical (unpaired) electrons. The van der Waals surface area contributed by atoms with Crippen molar-refractivity contribution in [3.8, 4) is 5.88 Å². The lowest BCUT2D eigenvalue weighted by Gasteiger charge is -2.23. The van der Waals surface area contributed by atoms with Crippen LogP contribution in [0.4, 0.5) is 5.69 Å². The molecule has 0 saturated carbocycles. The van der Waals surface area contributed by atoms with Crippen molar-refractivity contribution in [1.82, 2.24) is 24.3 Å². The van der Waals surface area contributed by atoms with Crippen molar-refractivity contribution in [3.63, 3.8) is 0 Å². The molecule has 0 spiro atoms. The van der Waals surface area contributed by atoms with Gasteiger partial charge in [0.05, 0.1) is 34.2 Å². The fraction of sp³-hybridized carbons (Fsp3) is 0.394. The Kier molecular flexibility index (Phi) is 9.01. The van der Waals surface area contributed by atoms with Crippen molar-refractivity contribution >= 4 is 51.9 Å². The maximum atomic E-state index is 13.4. The number of anilines is 1. The number of pyridine rings is 1. The van der Waals surface area contributed by atoms with Crippen molar-refractivity contribution < 1.29 is 19.4 Å². The van der Waals surface area contributed by atoms with Gasteiger partial charge in [-0.15, -0.1) is 0 Å². The smallest absolute Gasteiger partial charge is 0.320 e. The minimum Gasteiger partial charge on any atom is -0.481 e. The van der Waals surface area contributed by atoms with Crippen LogP contribution in [0.2, 0.25) is 5.02 Å². The first-order chi connectivity index (χ1) is 21.7. The Morgan fingerprint density at radius 2 is 1.93 bits per heavy atom. The van der Waals surface area contributed by atoms with Crippen molar-refractivity contribution in [2.75, 3.05) is 32.6 Å². The number of fused-ring (bicyclic) bond motifs is 1. The summed E-state index contributed by atoms with van der Waals surface area (Å²) in [5, 5.41) is 13.5. The van der Waals surface area contributed by atoms with Gasteiger partial charge in [-0.1, -0.05) is 47.5 Å². The summed E-state index contributed by atoms with van der Waals surface area (Å²) < 4.78 is 7.51. The van der Waals surface area contributed by atoms with Crippen LogP contribution in [0, 0.1) is 0 Å². The number of carboxylic acid groups (broad SMARTS) is 1. The number of carbonyl (C=O) groups is 2. The van der Waals surface area contributed by atoms with Gasteiger partial charge in [0.25, 0.3) is 5.91 Å². The number of rotatable bonds is 8. The summed E-state index contributed by atoms with van der Waals surface area (Å²) >= 11 is 14.0. The van der Waals surface area contributed by atoms with E-state index >= 15 is 0 Å². The summed E-state index contributed by atoms with van der Waals surface area (Å²) in [5.41, 5.74) is 6.32. The number of methoxy groups -OCH3 is 1. The number of halogens is 2. The molecule has 0 unspecified atom stereocenters. The number of allylic oxidation sites excluding steroid dienone is 4. The molecule has 236 valence electrons. The van der Waals surface area contributed by atoms with Crippen molar-refractivity contribution in [1.29, 1.82) is 0 Å². The van der Waals surface area contributed by atoms with Gasteiger partial charge < -0.3 is 24.6 Å². The molecule has 1 atom stereocenters. The van der Waals surface area contributed by atoms with Gasteiger partial charge in [-0.05, 0) is 62.5 Å². The van der Waals surface area contributed by atoms with E-state index in [9.17, 15) is 14.7 Å². The van der Waals surface area contributed by atoms with Crippen LogP contribution >= 0.6 is 23.2 Å². The zero-order valence-electron chi connectivity index (χ0n) is 25.6. The Morgan fingerprint density at radius 1 is 1.11 bits per heavy atom. The average molecular weight is 652 g/mol. The third kappa shape index (κ3) is 6.12. The number of aromatic nitrogens is 3. The van der Waals surface area contributed by atoms with Crippen LogP contribution in [0.15, 0.2) is 41.4 Å². The quantitative estimate of drug-likeness (QED) is 0.324. The van der Waals surface area contributed by atoms with Gasteiger partial charge in [0.15, 0.2) is 5.82 Å². The van der Waals surface area contributed by atoms with Gasteiger partial charge in [-0.3, -0.25) is 14.5 Å². The molecule has 1 saturated heterocycles. The minimum absolute atomic E-state index is 0.321. The van der Waals surface area contributed by atoms with Crippen LogP contribution in [0.25, 0.3) is 11.1 Å². The SMILES string of the molecule is COc1nc(C2=CCCC(c3cccc(NC(=O)c4nc5c(n4C)CCN(C)C5)c3Cl)=C2Cl)ccc1CN1CCC[C@H]1C(=O)O. The van der Waals surface area contributed by atoms with Crippen LogP contribution < -0.4 is 10.1 Å². The largest absolute Gasteiger partial charge is 0.481 e. The molecular formula is C33H36Cl2N6O4. The lowest BCUT2D eigenvalue weighted by Crippen LogP contribution is -2.35. The van der Waals surface area contributed by atoms with Crippen molar-refractivity contribution in [2.45, 2.75) is 51.2 Å². The first kappa shape index (κ1) is 31.3. The van der Waals surface area contributed by atoms with E-state index in [4.69, 9.17) is 32.9 Å². The molecule has 2 aromatic heterocycles. The zero-order chi connectivity index (χ0) is 31.8. The highest BCUT2D eigenvalue weighted by Gasteiger charge is 2.31. The standard InChI is InChI=1S/C33H36Cl2N6O4/c1-39-16-14-26-25(18-39)36-30(40(26)2)31(42)37-24-10-5-8-21(29(24)35)20-7-4-9-22(28(20)34)23-13-12-19(32(38-23)45-3)17-41-15-6-11-27(41)33(43)44/h5,8-10,12-13,27H,4,6-7,11,14-18H2,1-3H3,(H,37,42)(H,43,44)/t27-/m0/s1. The number of carboxylic acids is 1. The number of ether oxygens (including phenoxy) is 1. The minimum atomic E-state index is -0.807. The summed E-state index contributed by atoms with van der Waals surface area (Å²) in [5.74, 6) is -0.341. The molecule has 4 heterocycles. The monoisotopic (exact) mass is 650 g/mol. The lowest BCUT2D eigenvalue weighted by molar-refractivity contribution is -0.142. The second-order valence-corrected chi connectivity index (χ2v) is 12.5. The molecule has 2 aliphatic heterocycles. The van der Waals surface area contributed by atoms with Gasteiger partial charge in [0.1, 0.15) is 6.04 Å². The summed E-state index contributed by atoms with van der Waals surface area (Å²) in [7, 11) is 5.48. The Balaban J connectivity index is 1.25. The highest BCUT2D eigenvalue weighted by molar-refractivity contribution is 6.41. The molecule has 3 aliphatic rings. The molecule has 2 N–H and O–H groups in total. The number of nitrogens with zero attached hydrogens (tertiary/aromatic N) is 5. The number of hydrogen-bond acceptors (Lipinski definition) is 7. The molecule has 0 bridgehead atoms. The van der Waals surface area contributed by atoms with Gasteiger partial charge in [0.2, 0.25) is 5.88 Å². The molecule has 12 heteroatoms. The van der Waals surface area contributed by atoms with Crippen LogP contribution in [0.1, 0.15) is 64.5 Å². The second-order valence-electron chi connectivity index (χ2n) is 11.8. The van der Waals surface area contributed by atoms with E-state index in [-0.39, 0.29) is 5.91 Å². The number of imidazole rings is 1. The highest BCUT2D eigenvalue weighted by Crippen LogP contribution is 2.43. The fourth-order valence-electron chi connectivity index (χ4n) is 6.52. The van der Waals surface area contributed by atoms with Crippen molar-refractivity contribution in [3.05, 3.63) is 80.5 Å². The van der Waals surface area contributed by atoms with E-state index in [0.29, 0.717) is 65.6 Å². The zero-order valence-corrected chi connectivity index (χ0v) is 27.1. The van der Waals surface area contributed by atoms with Gasteiger partial charge >= 0.3 is 5.97 Å². The van der Waals surface area contributed by atoms with Gasteiger partial charge in [0, 0.05) is 49.9 Å². The maximum absolute atomic E-state index is 13.4. The summed E-state index contributed by atoms with van der Waals surface area (Å²) in [4.78, 5) is 38.6. The molecular weight excluding hydrogens is 615 g/mol. The maximum Gasteiger partial charge on any atom is 0.320 e. The Labute approximate surface area is 272 Å². The highest BCUT2D eigenvalue weighted by atomic mass is 35.5. The Bertz CT molecular complexity index is 1730. The normalized spacial score (nSPS) is 19.0. The molecule has 1 fully saturated rings. The van der Waals surface area contributed by atoms with E-state index in [1.165, 1.54) is 0 Å².